The molecule has 0 amide bonds. The molecule has 2 atom stereocenters. The molecule has 0 bridgehead atoms. The van der Waals surface area contributed by atoms with Crippen molar-refractivity contribution in [2.75, 3.05) is 13.2 Å². The molecule has 0 aromatic carbocycles. The molecule has 1 aliphatic rings. The topological polar surface area (TPSA) is 44.5 Å². The number of ether oxygens (including phenoxy) is 2. The number of nitrogens with two attached hydrogens (primary N) is 1. The van der Waals surface area contributed by atoms with Crippen molar-refractivity contribution in [3.63, 3.8) is 0 Å². The molecule has 4 heteroatoms. The van der Waals surface area contributed by atoms with Crippen LogP contribution < -0.4 is 5.73 Å². The summed E-state index contributed by atoms with van der Waals surface area (Å²) in [4.78, 5) is 0.0309. The summed E-state index contributed by atoms with van der Waals surface area (Å²) in [5.74, 6) is 1.32. The number of rotatable bonds is 2. The second-order valence-electron chi connectivity index (χ2n) is 2.32. The molecule has 0 spiro atoms. The molecule has 1 fully saturated rings. The van der Waals surface area contributed by atoms with E-state index in [2.05, 4.69) is 21.9 Å². The first-order valence-corrected chi connectivity index (χ1v) is 4.25. The summed E-state index contributed by atoms with van der Waals surface area (Å²) >= 11 is 3.35. The highest BCUT2D eigenvalue weighted by Gasteiger charge is 2.40. The third kappa shape index (κ3) is 1.94. The van der Waals surface area contributed by atoms with Crippen LogP contribution in [-0.4, -0.2) is 24.0 Å². The minimum atomic E-state index is -1.02. The molecule has 1 heterocycles. The lowest BCUT2D eigenvalue weighted by Crippen LogP contribution is -2.48. The van der Waals surface area contributed by atoms with Gasteiger partial charge >= 0.3 is 0 Å². The van der Waals surface area contributed by atoms with Gasteiger partial charge in [0, 0.05) is 0 Å². The van der Waals surface area contributed by atoms with Crippen molar-refractivity contribution >= 4 is 15.9 Å². The van der Waals surface area contributed by atoms with E-state index in [0.717, 1.165) is 6.42 Å². The van der Waals surface area contributed by atoms with Crippen molar-refractivity contribution in [1.29, 1.82) is 0 Å². The van der Waals surface area contributed by atoms with Crippen LogP contribution in [0.2, 0.25) is 0 Å². The second kappa shape index (κ2) is 3.55. The Hall–Kier alpha value is -0.0800. The zero-order valence-corrected chi connectivity index (χ0v) is 7.63. The van der Waals surface area contributed by atoms with E-state index >= 15 is 0 Å². The predicted molar refractivity (Wildman–Crippen MR) is 45.0 cm³/mol. The van der Waals surface area contributed by atoms with Crippen LogP contribution in [0.3, 0.4) is 0 Å². The van der Waals surface area contributed by atoms with Crippen LogP contribution in [0, 0.1) is 12.3 Å². The van der Waals surface area contributed by atoms with Gasteiger partial charge in [-0.15, -0.1) is 6.42 Å². The maximum Gasteiger partial charge on any atom is 0.238 e. The lowest BCUT2D eigenvalue weighted by molar-refractivity contribution is -0.193. The Morgan fingerprint density at radius 1 is 1.91 bits per heavy atom. The number of alkyl halides is 1. The van der Waals surface area contributed by atoms with E-state index < -0.39 is 5.91 Å². The normalized spacial score (nSPS) is 37.0. The summed E-state index contributed by atoms with van der Waals surface area (Å²) in [7, 11) is 0. The van der Waals surface area contributed by atoms with Gasteiger partial charge in [-0.05, 0) is 6.42 Å². The quantitative estimate of drug-likeness (QED) is 0.417. The predicted octanol–water partition coefficient (Wildman–Crippen LogP) is 0.432. The molecular weight excluding hydrogens is 210 g/mol. The van der Waals surface area contributed by atoms with Gasteiger partial charge in [0.1, 0.15) is 6.61 Å². The Labute approximate surface area is 74.4 Å². The Kier molecular flexibility index (Phi) is 2.90. The first-order valence-electron chi connectivity index (χ1n) is 3.33. The Balaban J connectivity index is 2.45. The lowest BCUT2D eigenvalue weighted by atomic mass is 10.3. The molecular formula is C7H10BrNO2. The molecule has 62 valence electrons. The van der Waals surface area contributed by atoms with E-state index in [9.17, 15) is 0 Å². The zero-order chi connectivity index (χ0) is 8.32. The highest BCUT2D eigenvalue weighted by Crippen LogP contribution is 2.28. The Morgan fingerprint density at radius 3 is 3.09 bits per heavy atom. The van der Waals surface area contributed by atoms with Gasteiger partial charge in [0.25, 0.3) is 0 Å². The first kappa shape index (κ1) is 9.01. The summed E-state index contributed by atoms with van der Waals surface area (Å²) in [5, 5.41) is 0. The average Bonchev–Trinajstić information content (AvgIpc) is 2.30. The Morgan fingerprint density at radius 2 is 2.64 bits per heavy atom. The van der Waals surface area contributed by atoms with Gasteiger partial charge < -0.3 is 9.47 Å². The minimum Gasteiger partial charge on any atom is -0.337 e. The van der Waals surface area contributed by atoms with Gasteiger partial charge in [-0.1, -0.05) is 21.9 Å². The molecule has 2 N–H and O–H groups in total. The zero-order valence-electron chi connectivity index (χ0n) is 6.05. The molecule has 1 aliphatic heterocycles. The van der Waals surface area contributed by atoms with Crippen LogP contribution in [0.5, 0.6) is 0 Å². The van der Waals surface area contributed by atoms with Gasteiger partial charge in [0.2, 0.25) is 5.91 Å². The summed E-state index contributed by atoms with van der Waals surface area (Å²) < 4.78 is 10.3. The van der Waals surface area contributed by atoms with Crippen molar-refractivity contribution in [2.24, 2.45) is 5.73 Å². The van der Waals surface area contributed by atoms with Crippen molar-refractivity contribution in [3.05, 3.63) is 0 Å². The highest BCUT2D eigenvalue weighted by molar-refractivity contribution is 9.09. The number of hydrogen-bond acceptors (Lipinski definition) is 3. The third-order valence-corrected chi connectivity index (χ3v) is 2.61. The molecule has 0 aromatic heterocycles. The van der Waals surface area contributed by atoms with E-state index in [-0.39, 0.29) is 11.4 Å². The highest BCUT2D eigenvalue weighted by atomic mass is 79.9. The molecule has 0 radical (unpaired) electrons. The number of terminal acetylenes is 1. The third-order valence-electron chi connectivity index (χ3n) is 1.52. The van der Waals surface area contributed by atoms with E-state index in [0.29, 0.717) is 6.61 Å². The van der Waals surface area contributed by atoms with Crippen LogP contribution in [-0.2, 0) is 9.47 Å². The number of halogens is 1. The van der Waals surface area contributed by atoms with Crippen molar-refractivity contribution in [3.8, 4) is 12.3 Å². The van der Waals surface area contributed by atoms with E-state index in [1.807, 2.05) is 0 Å². The van der Waals surface area contributed by atoms with Gasteiger partial charge in [0.15, 0.2) is 0 Å². The lowest BCUT2D eigenvalue weighted by Gasteiger charge is -2.25. The van der Waals surface area contributed by atoms with Crippen molar-refractivity contribution in [1.82, 2.24) is 0 Å². The molecule has 11 heavy (non-hydrogen) atoms. The van der Waals surface area contributed by atoms with Gasteiger partial charge in [-0.25, -0.2) is 0 Å². The van der Waals surface area contributed by atoms with Crippen LogP contribution in [0.25, 0.3) is 0 Å². The number of hydrogen-bond donors (Lipinski definition) is 1. The van der Waals surface area contributed by atoms with Gasteiger partial charge in [-0.2, -0.15) is 0 Å². The van der Waals surface area contributed by atoms with Crippen molar-refractivity contribution < 1.29 is 9.47 Å². The smallest absolute Gasteiger partial charge is 0.238 e. The molecule has 2 unspecified atom stereocenters. The van der Waals surface area contributed by atoms with Crippen LogP contribution in [0.1, 0.15) is 6.42 Å². The second-order valence-corrected chi connectivity index (χ2v) is 3.42. The molecule has 3 nitrogen and oxygen atoms in total. The summed E-state index contributed by atoms with van der Waals surface area (Å²) in [6.45, 7) is 0.787. The minimum absolute atomic E-state index is 0.0309. The van der Waals surface area contributed by atoms with Gasteiger partial charge in [0.05, 0.1) is 11.4 Å². The fraction of sp³-hybridized carbons (Fsp3) is 0.714. The average molecular weight is 220 g/mol. The molecule has 0 aromatic rings. The molecule has 1 rings (SSSR count). The van der Waals surface area contributed by atoms with Gasteiger partial charge in [-0.3, -0.25) is 5.73 Å². The maximum absolute atomic E-state index is 5.70. The van der Waals surface area contributed by atoms with Crippen LogP contribution in [0.15, 0.2) is 0 Å². The van der Waals surface area contributed by atoms with Crippen LogP contribution in [0.4, 0.5) is 0 Å². The fourth-order valence-corrected chi connectivity index (χ4v) is 1.35. The molecule has 0 aliphatic carbocycles. The van der Waals surface area contributed by atoms with E-state index in [4.69, 9.17) is 21.6 Å². The monoisotopic (exact) mass is 219 g/mol. The first-order chi connectivity index (χ1) is 5.19. The summed E-state index contributed by atoms with van der Waals surface area (Å²) in [6, 6.07) is 0. The summed E-state index contributed by atoms with van der Waals surface area (Å²) in [6.07, 6.45) is 5.86. The standard InChI is InChI=1S/C7H10BrNO2/c1-2-4-10-7(9)6(8)3-5-11-7/h1,6H,3-5,9H2. The SMILES string of the molecule is C#CCOC1(N)OCCC1Br. The van der Waals surface area contributed by atoms with E-state index in [1.54, 1.807) is 0 Å². The largest absolute Gasteiger partial charge is 0.337 e. The van der Waals surface area contributed by atoms with Crippen molar-refractivity contribution in [2.45, 2.75) is 17.2 Å². The molecule has 1 saturated heterocycles. The van der Waals surface area contributed by atoms with Crippen LogP contribution >= 0.6 is 15.9 Å². The van der Waals surface area contributed by atoms with E-state index in [1.165, 1.54) is 0 Å². The summed E-state index contributed by atoms with van der Waals surface area (Å²) in [5.41, 5.74) is 5.70. The maximum atomic E-state index is 5.70. The molecule has 0 saturated carbocycles. The Bertz CT molecular complexity index is 180. The fourth-order valence-electron chi connectivity index (χ4n) is 0.900.